The molecule has 2 bridgehead atoms. The van der Waals surface area contributed by atoms with Gasteiger partial charge < -0.3 is 14.2 Å². The minimum absolute atomic E-state index is 0.422. The van der Waals surface area contributed by atoms with Crippen molar-refractivity contribution in [3.05, 3.63) is 64.7 Å². The van der Waals surface area contributed by atoms with E-state index in [4.69, 9.17) is 31.2 Å². The number of nitrogens with one attached hydrogen (secondary N) is 1. The molecule has 2 fully saturated rings. The van der Waals surface area contributed by atoms with Crippen LogP contribution in [0.1, 0.15) is 24.2 Å². The number of hydrogen-bond donors (Lipinski definition) is 1. The van der Waals surface area contributed by atoms with Gasteiger partial charge in [0.05, 0.1) is 31.2 Å². The second kappa shape index (κ2) is 7.00. The van der Waals surface area contributed by atoms with Crippen LogP contribution in [-0.2, 0) is 15.3 Å². The number of nitrogens with zero attached hydrogens (tertiary/aromatic N) is 3. The summed E-state index contributed by atoms with van der Waals surface area (Å²) in [6.45, 7) is 1.65. The number of ether oxygens (including phenoxy) is 3. The number of nitriles is 3. The van der Waals surface area contributed by atoms with E-state index in [0.29, 0.717) is 21.9 Å². The van der Waals surface area contributed by atoms with Crippen molar-refractivity contribution < 1.29 is 14.2 Å². The average molecular weight is 433 g/mol. The van der Waals surface area contributed by atoms with E-state index in [-0.39, 0.29) is 0 Å². The van der Waals surface area contributed by atoms with Crippen LogP contribution in [0.2, 0.25) is 5.02 Å². The lowest BCUT2D eigenvalue weighted by Crippen LogP contribution is -2.57. The lowest BCUT2D eigenvalue weighted by atomic mass is 9.53. The molecule has 7 nitrogen and oxygen atoms in total. The molecule has 0 spiro atoms. The second-order valence-electron chi connectivity index (χ2n) is 7.55. The van der Waals surface area contributed by atoms with Crippen molar-refractivity contribution in [1.29, 1.82) is 21.2 Å². The first-order chi connectivity index (χ1) is 14.8. The highest BCUT2D eigenvalue weighted by Crippen LogP contribution is 2.69. The maximum Gasteiger partial charge on any atom is 0.244 e. The molecule has 0 aliphatic carbocycles. The van der Waals surface area contributed by atoms with Gasteiger partial charge in [-0.3, -0.25) is 5.41 Å². The van der Waals surface area contributed by atoms with Gasteiger partial charge in [0.2, 0.25) is 17.1 Å². The van der Waals surface area contributed by atoms with Gasteiger partial charge in [0, 0.05) is 10.6 Å². The summed E-state index contributed by atoms with van der Waals surface area (Å²) in [6, 6.07) is 19.6. The molecule has 4 unspecified atom stereocenters. The molecule has 2 heterocycles. The summed E-state index contributed by atoms with van der Waals surface area (Å²) in [5, 5.41) is 39.7. The molecule has 2 aromatic rings. The average Bonchev–Trinajstić information content (AvgIpc) is 2.95. The molecule has 1 N–H and O–H groups in total. The summed E-state index contributed by atoms with van der Waals surface area (Å²) < 4.78 is 17.5. The molecule has 0 radical (unpaired) electrons. The molecule has 31 heavy (non-hydrogen) atoms. The topological polar surface area (TPSA) is 123 Å². The minimum atomic E-state index is -2.02. The predicted octanol–water partition coefficient (Wildman–Crippen LogP) is 4.46. The summed E-state index contributed by atoms with van der Waals surface area (Å²) in [7, 11) is 1.52. The van der Waals surface area contributed by atoms with E-state index in [1.807, 2.05) is 12.1 Å². The van der Waals surface area contributed by atoms with Gasteiger partial charge in [0.25, 0.3) is 0 Å². The van der Waals surface area contributed by atoms with Crippen molar-refractivity contribution in [1.82, 2.24) is 0 Å². The summed E-state index contributed by atoms with van der Waals surface area (Å²) in [5.74, 6) is -2.30. The van der Waals surface area contributed by atoms with Crippen LogP contribution in [-0.4, -0.2) is 13.0 Å². The molecular formula is C23H17ClN4O3. The third-order valence-electron chi connectivity index (χ3n) is 6.31. The maximum absolute atomic E-state index is 10.3. The first-order valence-corrected chi connectivity index (χ1v) is 9.82. The lowest BCUT2D eigenvalue weighted by molar-refractivity contribution is -0.288. The van der Waals surface area contributed by atoms with Gasteiger partial charge in [-0.05, 0) is 29.8 Å². The highest BCUT2D eigenvalue weighted by molar-refractivity contribution is 6.30. The Morgan fingerprint density at radius 2 is 1.74 bits per heavy atom. The molecule has 0 aromatic heterocycles. The molecule has 2 aromatic carbocycles. The van der Waals surface area contributed by atoms with E-state index in [0.717, 1.165) is 0 Å². The Labute approximate surface area is 184 Å². The van der Waals surface area contributed by atoms with Crippen molar-refractivity contribution in [3.8, 4) is 24.0 Å². The first-order valence-electron chi connectivity index (χ1n) is 9.45. The van der Waals surface area contributed by atoms with E-state index in [1.165, 1.54) is 7.11 Å². The number of methoxy groups -OCH3 is 1. The number of rotatable bonds is 3. The molecule has 154 valence electrons. The fraction of sp³-hybridized carbons (Fsp3) is 0.304. The zero-order valence-corrected chi connectivity index (χ0v) is 17.5. The second-order valence-corrected chi connectivity index (χ2v) is 7.99. The normalized spacial score (nSPS) is 30.4. The van der Waals surface area contributed by atoms with Crippen molar-refractivity contribution in [3.63, 3.8) is 0 Å². The predicted molar refractivity (Wildman–Crippen MR) is 110 cm³/mol. The van der Waals surface area contributed by atoms with Gasteiger partial charge in [-0.15, -0.1) is 0 Å². The molecule has 0 saturated carbocycles. The Bertz CT molecular complexity index is 1180. The largest absolute Gasteiger partial charge is 0.497 e. The Kier molecular flexibility index (Phi) is 4.67. The van der Waals surface area contributed by atoms with Crippen LogP contribution in [0, 0.1) is 56.2 Å². The van der Waals surface area contributed by atoms with E-state index >= 15 is 0 Å². The minimum Gasteiger partial charge on any atom is -0.497 e. The molecule has 4 rings (SSSR count). The Morgan fingerprint density at radius 1 is 1.06 bits per heavy atom. The summed E-state index contributed by atoms with van der Waals surface area (Å²) in [4.78, 5) is 0. The first kappa shape index (κ1) is 20.7. The quantitative estimate of drug-likeness (QED) is 0.763. The van der Waals surface area contributed by atoms with Crippen LogP contribution in [0.4, 0.5) is 0 Å². The van der Waals surface area contributed by atoms with Crippen molar-refractivity contribution in [2.24, 2.45) is 16.7 Å². The van der Waals surface area contributed by atoms with Gasteiger partial charge in [-0.1, -0.05) is 42.8 Å². The van der Waals surface area contributed by atoms with Gasteiger partial charge in [0.15, 0.2) is 5.41 Å². The van der Waals surface area contributed by atoms with Gasteiger partial charge in [-0.25, -0.2) is 0 Å². The smallest absolute Gasteiger partial charge is 0.244 e. The summed E-state index contributed by atoms with van der Waals surface area (Å²) in [5.41, 5.74) is -2.90. The van der Waals surface area contributed by atoms with Gasteiger partial charge >= 0.3 is 0 Å². The molecule has 2 saturated heterocycles. The third kappa shape index (κ3) is 2.44. The SMILES string of the molecule is COc1ccc(C2OC3(c4cccc(Cl)c4)OC(=N)C(C#N)(C3C)C2(C#N)C#N)cc1. The number of fused-ring (bicyclic) bond motifs is 2. The number of halogens is 1. The molecule has 0 amide bonds. The number of hydrogen-bond acceptors (Lipinski definition) is 7. The van der Waals surface area contributed by atoms with E-state index < -0.39 is 34.5 Å². The zero-order valence-electron chi connectivity index (χ0n) is 16.7. The molecular weight excluding hydrogens is 416 g/mol. The fourth-order valence-corrected chi connectivity index (χ4v) is 4.84. The molecule has 2 aliphatic heterocycles. The maximum atomic E-state index is 10.3. The molecule has 4 atom stereocenters. The van der Waals surface area contributed by atoms with Crippen LogP contribution in [0.25, 0.3) is 0 Å². The van der Waals surface area contributed by atoms with Crippen LogP contribution in [0.15, 0.2) is 48.5 Å². The van der Waals surface area contributed by atoms with Crippen molar-refractivity contribution in [2.45, 2.75) is 18.8 Å². The Hall–Kier alpha value is -3.57. The Balaban J connectivity index is 2.02. The van der Waals surface area contributed by atoms with Crippen molar-refractivity contribution in [2.75, 3.05) is 7.11 Å². The summed E-state index contributed by atoms with van der Waals surface area (Å²) >= 11 is 6.20. The Morgan fingerprint density at radius 3 is 2.29 bits per heavy atom. The van der Waals surface area contributed by atoms with Crippen LogP contribution in [0.3, 0.4) is 0 Å². The molecule has 8 heteroatoms. The standard InChI is InChI=1S/C23H17ClN4O3/c1-14-22(13-27)20(28)31-23(14,16-4-3-5-17(24)10-16)30-19(21(22,11-25)12-26)15-6-8-18(29-2)9-7-15/h3-10,14,19,28H,1-2H3. The number of benzene rings is 2. The zero-order chi connectivity index (χ0) is 22.4. The van der Waals surface area contributed by atoms with E-state index in [1.54, 1.807) is 55.5 Å². The van der Waals surface area contributed by atoms with Crippen LogP contribution in [0.5, 0.6) is 5.75 Å². The van der Waals surface area contributed by atoms with Crippen LogP contribution < -0.4 is 4.74 Å². The van der Waals surface area contributed by atoms with E-state index in [9.17, 15) is 15.8 Å². The lowest BCUT2D eigenvalue weighted by Gasteiger charge is -2.48. The molecule has 2 aliphatic rings. The highest BCUT2D eigenvalue weighted by atomic mass is 35.5. The van der Waals surface area contributed by atoms with Gasteiger partial charge in [-0.2, -0.15) is 15.8 Å². The van der Waals surface area contributed by atoms with Crippen LogP contribution >= 0.6 is 11.6 Å². The van der Waals surface area contributed by atoms with E-state index in [2.05, 4.69) is 6.07 Å². The van der Waals surface area contributed by atoms with Gasteiger partial charge in [0.1, 0.15) is 11.9 Å². The fourth-order valence-electron chi connectivity index (χ4n) is 4.65. The van der Waals surface area contributed by atoms with Crippen molar-refractivity contribution >= 4 is 17.5 Å². The monoisotopic (exact) mass is 432 g/mol. The highest BCUT2D eigenvalue weighted by Gasteiger charge is 2.79. The third-order valence-corrected chi connectivity index (χ3v) is 6.55. The summed E-state index contributed by atoms with van der Waals surface area (Å²) in [6.07, 6.45) is -1.17.